The fraction of sp³-hybridized carbons (Fsp3) is 0.500. The fourth-order valence-corrected chi connectivity index (χ4v) is 5.01. The van der Waals surface area contributed by atoms with Crippen LogP contribution in [0.3, 0.4) is 0 Å². The molecular weight excluding hydrogens is 363 g/mol. The number of esters is 1. The van der Waals surface area contributed by atoms with Crippen molar-refractivity contribution in [2.75, 3.05) is 0 Å². The Labute approximate surface area is 173 Å². The molecule has 29 heavy (non-hydrogen) atoms. The first-order valence-corrected chi connectivity index (χ1v) is 11.1. The van der Waals surface area contributed by atoms with Crippen molar-refractivity contribution in [2.24, 2.45) is 5.92 Å². The number of hydrogen-bond donors (Lipinski definition) is 0. The largest absolute Gasteiger partial charge is 0.459 e. The summed E-state index contributed by atoms with van der Waals surface area (Å²) in [6, 6.07) is 12.8. The van der Waals surface area contributed by atoms with Crippen LogP contribution in [0.1, 0.15) is 84.5 Å². The summed E-state index contributed by atoms with van der Waals surface area (Å²) in [5.41, 5.74) is 4.48. The third kappa shape index (κ3) is 4.39. The Hall–Kier alpha value is -2.16. The van der Waals surface area contributed by atoms with E-state index >= 15 is 4.39 Å². The number of fused-ring (bicyclic) bond motifs is 1. The third-order valence-corrected chi connectivity index (χ3v) is 6.84. The highest BCUT2D eigenvalue weighted by Crippen LogP contribution is 2.40. The van der Waals surface area contributed by atoms with Gasteiger partial charge in [-0.3, -0.25) is 0 Å². The molecule has 1 saturated carbocycles. The van der Waals surface area contributed by atoms with Crippen LogP contribution in [0.2, 0.25) is 0 Å². The Morgan fingerprint density at radius 1 is 1.00 bits per heavy atom. The van der Waals surface area contributed by atoms with E-state index in [4.69, 9.17) is 4.74 Å². The van der Waals surface area contributed by atoms with Crippen LogP contribution in [0.4, 0.5) is 4.39 Å². The minimum Gasteiger partial charge on any atom is -0.459 e. The van der Waals surface area contributed by atoms with Crippen molar-refractivity contribution in [3.05, 3.63) is 70.0 Å². The van der Waals surface area contributed by atoms with E-state index in [1.165, 1.54) is 17.5 Å². The molecule has 0 amide bonds. The normalized spacial score (nSPS) is 24.1. The van der Waals surface area contributed by atoms with Crippen molar-refractivity contribution in [3.8, 4) is 0 Å². The summed E-state index contributed by atoms with van der Waals surface area (Å²) in [4.78, 5) is 12.2. The van der Waals surface area contributed by atoms with E-state index in [0.29, 0.717) is 17.9 Å². The molecule has 0 spiro atoms. The smallest absolute Gasteiger partial charge is 0.341 e. The standard InChI is InChI=1S/C26H31FO2/c1-3-18-4-6-19(7-5-18)8-9-20-10-12-21(13-11-20)23-15-14-22-16-17(2)29-26(28)24(22)25(23)27/h4-7,14-15,17,20-21H,3,8-13,16H2,1-2H3. The molecule has 4 rings (SSSR count). The van der Waals surface area contributed by atoms with E-state index in [0.717, 1.165) is 44.1 Å². The number of hydrogen-bond acceptors (Lipinski definition) is 2. The van der Waals surface area contributed by atoms with Gasteiger partial charge in [-0.15, -0.1) is 0 Å². The zero-order valence-corrected chi connectivity index (χ0v) is 17.5. The fourth-order valence-electron chi connectivity index (χ4n) is 5.01. The number of rotatable bonds is 5. The van der Waals surface area contributed by atoms with E-state index in [-0.39, 0.29) is 23.4 Å². The lowest BCUT2D eigenvalue weighted by atomic mass is 9.76. The Balaban J connectivity index is 1.36. The summed E-state index contributed by atoms with van der Waals surface area (Å²) in [6.45, 7) is 4.04. The molecule has 0 bridgehead atoms. The highest BCUT2D eigenvalue weighted by atomic mass is 19.1. The van der Waals surface area contributed by atoms with Crippen LogP contribution in [0.25, 0.3) is 0 Å². The first kappa shape index (κ1) is 20.1. The number of ether oxygens (including phenoxy) is 1. The van der Waals surface area contributed by atoms with Gasteiger partial charge in [-0.1, -0.05) is 43.3 Å². The van der Waals surface area contributed by atoms with Crippen LogP contribution in [0.15, 0.2) is 36.4 Å². The first-order valence-electron chi connectivity index (χ1n) is 11.1. The number of carbonyl (C=O) groups is 1. The highest BCUT2D eigenvalue weighted by molar-refractivity contribution is 5.92. The molecule has 1 unspecified atom stereocenters. The highest BCUT2D eigenvalue weighted by Gasteiger charge is 2.31. The summed E-state index contributed by atoms with van der Waals surface area (Å²) in [6.07, 6.45) is 8.11. The second-order valence-corrected chi connectivity index (χ2v) is 8.85. The molecule has 1 aliphatic carbocycles. The second-order valence-electron chi connectivity index (χ2n) is 8.85. The van der Waals surface area contributed by atoms with Crippen LogP contribution in [0.5, 0.6) is 0 Å². The summed E-state index contributed by atoms with van der Waals surface area (Å²) in [7, 11) is 0. The zero-order chi connectivity index (χ0) is 20.4. The predicted molar refractivity (Wildman–Crippen MR) is 114 cm³/mol. The molecule has 0 aromatic heterocycles. The van der Waals surface area contributed by atoms with Gasteiger partial charge < -0.3 is 4.74 Å². The average Bonchev–Trinajstić information content (AvgIpc) is 2.73. The number of halogens is 1. The van der Waals surface area contributed by atoms with Crippen molar-refractivity contribution in [3.63, 3.8) is 0 Å². The van der Waals surface area contributed by atoms with E-state index < -0.39 is 5.97 Å². The average molecular weight is 395 g/mol. The Kier molecular flexibility index (Phi) is 6.03. The summed E-state index contributed by atoms with van der Waals surface area (Å²) in [5.74, 6) is 0.0934. The van der Waals surface area contributed by atoms with Gasteiger partial charge in [-0.25, -0.2) is 9.18 Å². The molecule has 2 aromatic carbocycles. The van der Waals surface area contributed by atoms with Gasteiger partial charge in [0.15, 0.2) is 0 Å². The maximum Gasteiger partial charge on any atom is 0.341 e. The van der Waals surface area contributed by atoms with Crippen molar-refractivity contribution in [1.29, 1.82) is 0 Å². The topological polar surface area (TPSA) is 26.3 Å². The lowest BCUT2D eigenvalue weighted by Crippen LogP contribution is -2.27. The van der Waals surface area contributed by atoms with Gasteiger partial charge in [0.05, 0.1) is 5.56 Å². The van der Waals surface area contributed by atoms with Gasteiger partial charge in [-0.05, 0) is 86.0 Å². The maximum atomic E-state index is 15.1. The molecule has 0 saturated heterocycles. The number of carbonyl (C=O) groups excluding carboxylic acids is 1. The quantitative estimate of drug-likeness (QED) is 0.549. The molecule has 2 aromatic rings. The van der Waals surface area contributed by atoms with Crippen molar-refractivity contribution < 1.29 is 13.9 Å². The predicted octanol–water partition coefficient (Wildman–Crippen LogP) is 6.40. The number of aryl methyl sites for hydroxylation is 2. The van der Waals surface area contributed by atoms with Crippen LogP contribution in [-0.4, -0.2) is 12.1 Å². The minimum atomic E-state index is -0.499. The zero-order valence-electron chi connectivity index (χ0n) is 17.5. The Bertz CT molecular complexity index is 863. The summed E-state index contributed by atoms with van der Waals surface area (Å²) < 4.78 is 20.4. The van der Waals surface area contributed by atoms with Gasteiger partial charge in [-0.2, -0.15) is 0 Å². The van der Waals surface area contributed by atoms with E-state index in [9.17, 15) is 4.79 Å². The van der Waals surface area contributed by atoms with Crippen LogP contribution >= 0.6 is 0 Å². The third-order valence-electron chi connectivity index (χ3n) is 6.84. The maximum absolute atomic E-state index is 15.1. The number of cyclic esters (lactones) is 1. The minimum absolute atomic E-state index is 0.172. The summed E-state index contributed by atoms with van der Waals surface area (Å²) in [5, 5.41) is 0. The molecule has 1 atom stereocenters. The van der Waals surface area contributed by atoms with E-state index in [2.05, 4.69) is 31.2 Å². The molecule has 2 nitrogen and oxygen atoms in total. The molecule has 0 radical (unpaired) electrons. The van der Waals surface area contributed by atoms with Crippen LogP contribution in [0, 0.1) is 11.7 Å². The lowest BCUT2D eigenvalue weighted by Gasteiger charge is -2.30. The van der Waals surface area contributed by atoms with Crippen molar-refractivity contribution >= 4 is 5.97 Å². The molecule has 1 fully saturated rings. The Morgan fingerprint density at radius 3 is 2.38 bits per heavy atom. The van der Waals surface area contributed by atoms with Gasteiger partial charge in [0, 0.05) is 6.42 Å². The van der Waals surface area contributed by atoms with Crippen LogP contribution in [-0.2, 0) is 24.0 Å². The second kappa shape index (κ2) is 8.69. The monoisotopic (exact) mass is 394 g/mol. The van der Waals surface area contributed by atoms with Crippen molar-refractivity contribution in [1.82, 2.24) is 0 Å². The molecule has 0 N–H and O–H groups in total. The van der Waals surface area contributed by atoms with E-state index in [1.807, 2.05) is 19.1 Å². The summed E-state index contributed by atoms with van der Waals surface area (Å²) >= 11 is 0. The van der Waals surface area contributed by atoms with Gasteiger partial charge in [0.1, 0.15) is 11.9 Å². The molecule has 1 aliphatic heterocycles. The Morgan fingerprint density at radius 2 is 1.69 bits per heavy atom. The molecule has 1 heterocycles. The van der Waals surface area contributed by atoms with Crippen LogP contribution < -0.4 is 0 Å². The lowest BCUT2D eigenvalue weighted by molar-refractivity contribution is 0.0293. The van der Waals surface area contributed by atoms with Gasteiger partial charge in [0.2, 0.25) is 0 Å². The van der Waals surface area contributed by atoms with Gasteiger partial charge >= 0.3 is 5.97 Å². The SMILES string of the molecule is CCc1ccc(CCC2CCC(c3ccc4c(c3F)C(=O)OC(C)C4)CC2)cc1. The molecule has 2 aliphatic rings. The molecule has 154 valence electrons. The van der Waals surface area contributed by atoms with Crippen molar-refractivity contribution in [2.45, 2.75) is 77.2 Å². The molecule has 3 heteroatoms. The number of benzene rings is 2. The van der Waals surface area contributed by atoms with Gasteiger partial charge in [0.25, 0.3) is 0 Å². The van der Waals surface area contributed by atoms with E-state index in [1.54, 1.807) is 0 Å². The first-order chi connectivity index (χ1) is 14.0. The molecular formula is C26H31FO2.